The molecule has 8 heteroatoms. The van der Waals surface area contributed by atoms with E-state index >= 15 is 0 Å². The smallest absolute Gasteiger partial charge is 0.227 e. The summed E-state index contributed by atoms with van der Waals surface area (Å²) in [6.45, 7) is 1.47. The van der Waals surface area contributed by atoms with E-state index in [4.69, 9.17) is 5.73 Å². The predicted octanol–water partition coefficient (Wildman–Crippen LogP) is 0.451. The van der Waals surface area contributed by atoms with Gasteiger partial charge in [0, 0.05) is 38.7 Å². The van der Waals surface area contributed by atoms with Gasteiger partial charge in [-0.15, -0.1) is 0 Å². The summed E-state index contributed by atoms with van der Waals surface area (Å²) >= 11 is 0. The lowest BCUT2D eigenvalue weighted by atomic mass is 9.78. The molecule has 118 valence electrons. The Balaban J connectivity index is 1.68. The van der Waals surface area contributed by atoms with Crippen LogP contribution < -0.4 is 16.0 Å². The van der Waals surface area contributed by atoms with Crippen molar-refractivity contribution in [1.29, 1.82) is 0 Å². The van der Waals surface area contributed by atoms with Crippen LogP contribution >= 0.6 is 0 Å². The number of hydrogen-bond donors (Lipinski definition) is 2. The summed E-state index contributed by atoms with van der Waals surface area (Å²) in [6, 6.07) is 2.34. The Morgan fingerprint density at radius 3 is 2.82 bits per heavy atom. The van der Waals surface area contributed by atoms with Crippen molar-refractivity contribution < 1.29 is 0 Å². The Labute approximate surface area is 129 Å². The average molecular weight is 302 g/mol. The molecule has 0 bridgehead atoms. The van der Waals surface area contributed by atoms with Gasteiger partial charge in [0.1, 0.15) is 18.5 Å². The summed E-state index contributed by atoms with van der Waals surface area (Å²) in [5.74, 6) is 2.02. The van der Waals surface area contributed by atoms with Gasteiger partial charge < -0.3 is 16.0 Å². The van der Waals surface area contributed by atoms with Gasteiger partial charge in [-0.05, 0) is 12.8 Å². The molecule has 2 heterocycles. The number of aromatic nitrogens is 5. The highest BCUT2D eigenvalue weighted by Gasteiger charge is 2.29. The summed E-state index contributed by atoms with van der Waals surface area (Å²) in [5, 5.41) is 7.42. The molecular formula is C14H22N8. The van der Waals surface area contributed by atoms with E-state index in [0.717, 1.165) is 43.4 Å². The van der Waals surface area contributed by atoms with Crippen LogP contribution in [0.2, 0.25) is 0 Å². The molecule has 1 aliphatic carbocycles. The molecule has 1 fully saturated rings. The Morgan fingerprint density at radius 1 is 1.36 bits per heavy atom. The summed E-state index contributed by atoms with van der Waals surface area (Å²) < 4.78 is 1.78. The first-order chi connectivity index (χ1) is 10.6. The molecule has 0 aliphatic heterocycles. The molecule has 3 rings (SSSR count). The topological polar surface area (TPSA) is 97.8 Å². The molecule has 0 atom stereocenters. The maximum absolute atomic E-state index is 5.89. The Morgan fingerprint density at radius 2 is 2.18 bits per heavy atom. The van der Waals surface area contributed by atoms with E-state index in [0.29, 0.717) is 12.0 Å². The van der Waals surface area contributed by atoms with E-state index in [2.05, 4.69) is 25.4 Å². The van der Waals surface area contributed by atoms with E-state index in [-0.39, 0.29) is 0 Å². The lowest BCUT2D eigenvalue weighted by molar-refractivity contribution is 0.345. The van der Waals surface area contributed by atoms with Crippen molar-refractivity contribution in [2.45, 2.75) is 31.3 Å². The largest absolute Gasteiger partial charge is 0.368 e. The molecule has 0 spiro atoms. The van der Waals surface area contributed by atoms with Gasteiger partial charge in [0.25, 0.3) is 0 Å². The van der Waals surface area contributed by atoms with Crippen LogP contribution in [0.1, 0.15) is 24.5 Å². The second-order valence-corrected chi connectivity index (χ2v) is 5.89. The van der Waals surface area contributed by atoms with Crippen LogP contribution in [0.5, 0.6) is 0 Å². The summed E-state index contributed by atoms with van der Waals surface area (Å²) in [4.78, 5) is 15.0. The third kappa shape index (κ3) is 3.33. The zero-order valence-electron chi connectivity index (χ0n) is 13.0. The first-order valence-electron chi connectivity index (χ1n) is 7.50. The highest BCUT2D eigenvalue weighted by molar-refractivity contribution is 5.44. The highest BCUT2D eigenvalue weighted by Crippen LogP contribution is 2.35. The molecule has 22 heavy (non-hydrogen) atoms. The molecular weight excluding hydrogens is 280 g/mol. The van der Waals surface area contributed by atoms with Crippen LogP contribution in [-0.2, 0) is 6.54 Å². The number of anilines is 2. The lowest BCUT2D eigenvalue weighted by Gasteiger charge is -2.32. The van der Waals surface area contributed by atoms with E-state index in [9.17, 15) is 0 Å². The molecule has 2 aromatic rings. The fourth-order valence-corrected chi connectivity index (χ4v) is 2.50. The van der Waals surface area contributed by atoms with Crippen LogP contribution in [0, 0.1) is 0 Å². The van der Waals surface area contributed by atoms with Crippen LogP contribution in [0.4, 0.5) is 11.8 Å². The SMILES string of the molecule is CN(C)c1nc(NCCn2cncn2)cc(C2CC(N)C2)n1. The Bertz CT molecular complexity index is 603. The van der Waals surface area contributed by atoms with Crippen molar-refractivity contribution in [2.75, 3.05) is 30.9 Å². The number of hydrogen-bond acceptors (Lipinski definition) is 7. The molecule has 0 radical (unpaired) electrons. The third-order valence-electron chi connectivity index (χ3n) is 3.84. The average Bonchev–Trinajstić information content (AvgIpc) is 2.97. The zero-order chi connectivity index (χ0) is 15.5. The molecule has 3 N–H and O–H groups in total. The lowest BCUT2D eigenvalue weighted by Crippen LogP contribution is -2.35. The van der Waals surface area contributed by atoms with Gasteiger partial charge in [0.05, 0.1) is 12.2 Å². The number of nitrogens with zero attached hydrogens (tertiary/aromatic N) is 6. The minimum atomic E-state index is 0.312. The van der Waals surface area contributed by atoms with Gasteiger partial charge in [-0.2, -0.15) is 10.1 Å². The van der Waals surface area contributed by atoms with Crippen LogP contribution in [0.25, 0.3) is 0 Å². The van der Waals surface area contributed by atoms with Gasteiger partial charge in [-0.1, -0.05) is 0 Å². The quantitative estimate of drug-likeness (QED) is 0.799. The number of nitrogens with two attached hydrogens (primary N) is 1. The molecule has 1 saturated carbocycles. The van der Waals surface area contributed by atoms with Crippen LogP contribution in [0.15, 0.2) is 18.7 Å². The number of rotatable bonds is 6. The predicted molar refractivity (Wildman–Crippen MR) is 84.8 cm³/mol. The van der Waals surface area contributed by atoms with E-state index in [1.807, 2.05) is 25.1 Å². The maximum atomic E-state index is 5.89. The molecule has 0 aromatic carbocycles. The first-order valence-corrected chi connectivity index (χ1v) is 7.50. The van der Waals surface area contributed by atoms with Gasteiger partial charge in [0.15, 0.2) is 0 Å². The minimum absolute atomic E-state index is 0.312. The van der Waals surface area contributed by atoms with Gasteiger partial charge in [-0.3, -0.25) is 4.68 Å². The highest BCUT2D eigenvalue weighted by atomic mass is 15.3. The Hall–Kier alpha value is -2.22. The monoisotopic (exact) mass is 302 g/mol. The fourth-order valence-electron chi connectivity index (χ4n) is 2.50. The first kappa shape index (κ1) is 14.7. The standard InChI is InChI=1S/C14H22N8/c1-21(2)14-19-12(10-5-11(15)6-10)7-13(20-14)17-3-4-22-9-16-8-18-22/h7-11H,3-6,15H2,1-2H3,(H,17,19,20). The number of nitrogens with one attached hydrogen (secondary N) is 1. The van der Waals surface area contributed by atoms with Gasteiger partial charge >= 0.3 is 0 Å². The fraction of sp³-hybridized carbons (Fsp3) is 0.571. The van der Waals surface area contributed by atoms with Crippen LogP contribution in [-0.4, -0.2) is 51.4 Å². The molecule has 8 nitrogen and oxygen atoms in total. The Kier molecular flexibility index (Phi) is 4.19. The van der Waals surface area contributed by atoms with Crippen molar-refractivity contribution in [2.24, 2.45) is 5.73 Å². The summed E-state index contributed by atoms with van der Waals surface area (Å²) in [7, 11) is 3.90. The van der Waals surface area contributed by atoms with Gasteiger partial charge in [-0.25, -0.2) is 9.97 Å². The second kappa shape index (κ2) is 6.27. The molecule has 0 saturated heterocycles. The molecule has 2 aromatic heterocycles. The van der Waals surface area contributed by atoms with Crippen molar-refractivity contribution in [3.05, 3.63) is 24.4 Å². The normalized spacial score (nSPS) is 20.5. The minimum Gasteiger partial charge on any atom is -0.368 e. The van der Waals surface area contributed by atoms with Crippen molar-refractivity contribution in [3.8, 4) is 0 Å². The summed E-state index contributed by atoms with van der Waals surface area (Å²) in [5.41, 5.74) is 6.96. The van der Waals surface area contributed by atoms with Gasteiger partial charge in [0.2, 0.25) is 5.95 Å². The summed E-state index contributed by atoms with van der Waals surface area (Å²) in [6.07, 6.45) is 5.24. The molecule has 0 unspecified atom stereocenters. The van der Waals surface area contributed by atoms with E-state index in [1.54, 1.807) is 11.0 Å². The molecule has 1 aliphatic rings. The zero-order valence-corrected chi connectivity index (χ0v) is 13.0. The van der Waals surface area contributed by atoms with Crippen molar-refractivity contribution in [3.63, 3.8) is 0 Å². The van der Waals surface area contributed by atoms with Crippen molar-refractivity contribution in [1.82, 2.24) is 24.7 Å². The molecule has 0 amide bonds. The van der Waals surface area contributed by atoms with E-state index in [1.165, 1.54) is 6.33 Å². The van der Waals surface area contributed by atoms with Crippen molar-refractivity contribution >= 4 is 11.8 Å². The second-order valence-electron chi connectivity index (χ2n) is 5.89. The maximum Gasteiger partial charge on any atom is 0.227 e. The third-order valence-corrected chi connectivity index (χ3v) is 3.84. The van der Waals surface area contributed by atoms with Crippen LogP contribution in [0.3, 0.4) is 0 Å². The van der Waals surface area contributed by atoms with E-state index < -0.39 is 0 Å².